The van der Waals surface area contributed by atoms with Gasteiger partial charge in [0.2, 0.25) is 5.88 Å². The molecule has 1 amide bonds. The highest BCUT2D eigenvalue weighted by Gasteiger charge is 2.37. The molecule has 12 heteroatoms. The molecule has 3 aromatic rings. The smallest absolute Gasteiger partial charge is 0.410 e. The lowest BCUT2D eigenvalue weighted by Crippen LogP contribution is -2.45. The molecular weight excluding hydrogens is 543 g/mol. The van der Waals surface area contributed by atoms with Crippen molar-refractivity contribution in [3.63, 3.8) is 0 Å². The van der Waals surface area contributed by atoms with Crippen LogP contribution in [0, 0.1) is 11.7 Å². The highest BCUT2D eigenvalue weighted by Crippen LogP contribution is 2.37. The first-order valence-electron chi connectivity index (χ1n) is 14.1. The molecule has 11 nitrogen and oxygen atoms in total. The van der Waals surface area contributed by atoms with Gasteiger partial charge in [-0.1, -0.05) is 0 Å². The van der Waals surface area contributed by atoms with Crippen LogP contribution < -0.4 is 14.4 Å². The van der Waals surface area contributed by atoms with Crippen molar-refractivity contribution in [2.24, 2.45) is 5.92 Å². The summed E-state index contributed by atoms with van der Waals surface area (Å²) in [6.07, 6.45) is 4.29. The number of aromatic nitrogens is 4. The lowest BCUT2D eigenvalue weighted by molar-refractivity contribution is 0.0167. The van der Waals surface area contributed by atoms with Crippen molar-refractivity contribution >= 4 is 11.9 Å². The first-order valence-corrected chi connectivity index (χ1v) is 14.1. The van der Waals surface area contributed by atoms with Crippen molar-refractivity contribution in [2.75, 3.05) is 45.5 Å². The molecule has 2 aromatic heterocycles. The average molecular weight is 581 g/mol. The third kappa shape index (κ3) is 7.04. The van der Waals surface area contributed by atoms with Gasteiger partial charge in [-0.15, -0.1) is 15.3 Å². The van der Waals surface area contributed by atoms with E-state index >= 15 is 4.39 Å². The molecule has 1 atom stereocenters. The summed E-state index contributed by atoms with van der Waals surface area (Å²) in [4.78, 5) is 17.0. The number of carbonyl (C=O) groups excluding carboxylic acids is 1. The number of hydrogen-bond acceptors (Lipinski definition) is 10. The van der Waals surface area contributed by atoms with Crippen molar-refractivity contribution in [1.29, 1.82) is 0 Å². The average Bonchev–Trinajstić information content (AvgIpc) is 3.67. The highest BCUT2D eigenvalue weighted by molar-refractivity contribution is 5.75. The van der Waals surface area contributed by atoms with Gasteiger partial charge in [0.05, 0.1) is 25.0 Å². The lowest BCUT2D eigenvalue weighted by atomic mass is 10.0. The number of carbonyl (C=O) groups is 1. The predicted molar refractivity (Wildman–Crippen MR) is 154 cm³/mol. The van der Waals surface area contributed by atoms with Crippen LogP contribution in [0.15, 0.2) is 36.5 Å². The molecule has 2 fully saturated rings. The van der Waals surface area contributed by atoms with Crippen LogP contribution in [-0.4, -0.2) is 83.7 Å². The van der Waals surface area contributed by atoms with Gasteiger partial charge in [0.15, 0.2) is 12.6 Å². The molecule has 5 rings (SSSR count). The summed E-state index contributed by atoms with van der Waals surface area (Å²) in [5.74, 6) is 1.38. The van der Waals surface area contributed by atoms with Crippen LogP contribution in [0.3, 0.4) is 0 Å². The van der Waals surface area contributed by atoms with Gasteiger partial charge in [-0.25, -0.2) is 9.18 Å². The zero-order chi connectivity index (χ0) is 29.9. The number of hydrogen-bond donors (Lipinski definition) is 0. The second kappa shape index (κ2) is 12.4. The van der Waals surface area contributed by atoms with E-state index in [0.29, 0.717) is 47.4 Å². The molecule has 1 saturated carbocycles. The van der Waals surface area contributed by atoms with E-state index in [0.717, 1.165) is 25.8 Å². The molecule has 0 spiro atoms. The Bertz CT molecular complexity index is 1400. The number of benzene rings is 1. The van der Waals surface area contributed by atoms with Gasteiger partial charge in [0, 0.05) is 49.5 Å². The zero-order valence-electron chi connectivity index (χ0n) is 24.7. The van der Waals surface area contributed by atoms with Crippen LogP contribution in [0.5, 0.6) is 11.6 Å². The van der Waals surface area contributed by atoms with Crippen LogP contribution in [0.4, 0.5) is 15.0 Å². The number of rotatable bonds is 10. The fourth-order valence-corrected chi connectivity index (χ4v) is 4.92. The topological polar surface area (TPSA) is 112 Å². The normalized spacial score (nSPS) is 16.8. The maximum Gasteiger partial charge on any atom is 0.410 e. The number of ether oxygens (including phenoxy) is 4. The number of amides is 1. The SMILES string of the molecule is COCOc1cc(-c2cnnc(OC)c2)c(F)cc1-c1ccc(N2CC[C@@H](N(CC3CC3)C(=O)OC(C)(C)C)C2)nn1. The fraction of sp³-hybridized carbons (Fsp3) is 0.500. The lowest BCUT2D eigenvalue weighted by Gasteiger charge is -2.31. The monoisotopic (exact) mass is 580 g/mol. The largest absolute Gasteiger partial charge is 0.480 e. The second-order valence-electron chi connectivity index (χ2n) is 11.6. The van der Waals surface area contributed by atoms with E-state index < -0.39 is 11.4 Å². The Morgan fingerprint density at radius 1 is 1.07 bits per heavy atom. The van der Waals surface area contributed by atoms with Crippen LogP contribution in [0.2, 0.25) is 0 Å². The van der Waals surface area contributed by atoms with Crippen molar-refractivity contribution in [2.45, 2.75) is 51.7 Å². The van der Waals surface area contributed by atoms with E-state index in [2.05, 4.69) is 25.3 Å². The Morgan fingerprint density at radius 2 is 1.88 bits per heavy atom. The van der Waals surface area contributed by atoms with Gasteiger partial charge >= 0.3 is 6.09 Å². The first-order chi connectivity index (χ1) is 20.1. The van der Waals surface area contributed by atoms with E-state index in [9.17, 15) is 4.79 Å². The summed E-state index contributed by atoms with van der Waals surface area (Å²) in [5, 5.41) is 16.6. The third-order valence-electron chi connectivity index (χ3n) is 7.19. The third-order valence-corrected chi connectivity index (χ3v) is 7.19. The molecule has 42 heavy (non-hydrogen) atoms. The van der Waals surface area contributed by atoms with Crippen LogP contribution in [0.1, 0.15) is 40.0 Å². The summed E-state index contributed by atoms with van der Waals surface area (Å²) in [5.41, 5.74) is 1.08. The maximum absolute atomic E-state index is 15.4. The minimum Gasteiger partial charge on any atom is -0.480 e. The molecule has 1 saturated heterocycles. The number of anilines is 1. The summed E-state index contributed by atoms with van der Waals surface area (Å²) < 4.78 is 37.1. The van der Waals surface area contributed by atoms with E-state index in [1.165, 1.54) is 26.5 Å². The Morgan fingerprint density at radius 3 is 2.55 bits per heavy atom. The Hall–Kier alpha value is -4.06. The molecule has 1 aliphatic carbocycles. The molecular formula is C30H37FN6O5. The van der Waals surface area contributed by atoms with Crippen molar-refractivity contribution in [3.05, 3.63) is 42.3 Å². The van der Waals surface area contributed by atoms with E-state index in [1.54, 1.807) is 18.2 Å². The molecule has 0 radical (unpaired) electrons. The first kappa shape index (κ1) is 29.4. The maximum atomic E-state index is 15.4. The molecule has 0 N–H and O–H groups in total. The van der Waals surface area contributed by atoms with E-state index in [4.69, 9.17) is 18.9 Å². The summed E-state index contributed by atoms with van der Waals surface area (Å²) >= 11 is 0. The Kier molecular flexibility index (Phi) is 8.72. The molecule has 1 aromatic carbocycles. The van der Waals surface area contributed by atoms with Crippen molar-refractivity contribution in [3.8, 4) is 34.0 Å². The minimum absolute atomic E-state index is 0.0268. The predicted octanol–water partition coefficient (Wildman–Crippen LogP) is 4.96. The van der Waals surface area contributed by atoms with Crippen LogP contribution >= 0.6 is 0 Å². The Labute approximate surface area is 244 Å². The highest BCUT2D eigenvalue weighted by atomic mass is 19.1. The molecule has 0 unspecified atom stereocenters. The molecule has 3 heterocycles. The number of methoxy groups -OCH3 is 2. The fourth-order valence-electron chi connectivity index (χ4n) is 4.92. The van der Waals surface area contributed by atoms with Gasteiger partial charge in [-0.3, -0.25) is 0 Å². The van der Waals surface area contributed by atoms with Gasteiger partial charge < -0.3 is 28.7 Å². The van der Waals surface area contributed by atoms with Crippen LogP contribution in [-0.2, 0) is 9.47 Å². The number of nitrogens with zero attached hydrogens (tertiary/aromatic N) is 6. The standard InChI is InChI=1S/C30H37FN6O5/c1-30(2,3)42-29(38)37(16-19-6-7-19)21-10-11-36(17-21)27-9-8-25(33-34-27)23-13-24(31)22(14-26(23)41-18-39-4)20-12-28(40-5)35-32-15-20/h8-9,12-15,19,21H,6-7,10-11,16-18H2,1-5H3/t21-/m1/s1. The quantitative estimate of drug-likeness (QED) is 0.305. The van der Waals surface area contributed by atoms with Crippen molar-refractivity contribution in [1.82, 2.24) is 25.3 Å². The molecule has 0 bridgehead atoms. The van der Waals surface area contributed by atoms with Gasteiger partial charge in [-0.05, 0) is 70.2 Å². The zero-order valence-corrected chi connectivity index (χ0v) is 24.7. The van der Waals surface area contributed by atoms with Gasteiger partial charge in [-0.2, -0.15) is 5.10 Å². The second-order valence-corrected chi connectivity index (χ2v) is 11.6. The Balaban J connectivity index is 1.35. The number of halogens is 1. The van der Waals surface area contributed by atoms with Gasteiger partial charge in [0.1, 0.15) is 17.2 Å². The van der Waals surface area contributed by atoms with E-state index in [-0.39, 0.29) is 30.4 Å². The molecule has 1 aliphatic heterocycles. The summed E-state index contributed by atoms with van der Waals surface area (Å²) in [7, 11) is 2.98. The summed E-state index contributed by atoms with van der Waals surface area (Å²) in [6.45, 7) is 7.70. The van der Waals surface area contributed by atoms with Crippen molar-refractivity contribution < 1.29 is 28.1 Å². The molecule has 2 aliphatic rings. The summed E-state index contributed by atoms with van der Waals surface area (Å²) in [6, 6.07) is 8.20. The van der Waals surface area contributed by atoms with Gasteiger partial charge in [0.25, 0.3) is 0 Å². The van der Waals surface area contributed by atoms with E-state index in [1.807, 2.05) is 31.7 Å². The van der Waals surface area contributed by atoms with Crippen LogP contribution in [0.25, 0.3) is 22.4 Å². The molecule has 224 valence electrons. The minimum atomic E-state index is -0.552.